The molecule has 0 unspecified atom stereocenters. The number of halogens is 4. The molecule has 8 heteroatoms. The predicted octanol–water partition coefficient (Wildman–Crippen LogP) is 3.11. The molecule has 4 nitrogen and oxygen atoms in total. The Morgan fingerprint density at radius 3 is 2.24 bits per heavy atom. The van der Waals surface area contributed by atoms with Crippen LogP contribution >= 0.6 is 46.4 Å². The summed E-state index contributed by atoms with van der Waals surface area (Å²) in [6.45, 7) is -0.535. The monoisotopic (exact) mass is 315 g/mol. The third-order valence-electron chi connectivity index (χ3n) is 1.75. The van der Waals surface area contributed by atoms with E-state index in [2.05, 4.69) is 5.32 Å². The van der Waals surface area contributed by atoms with E-state index in [1.807, 2.05) is 0 Å². The van der Waals surface area contributed by atoms with Gasteiger partial charge in [0, 0.05) is 0 Å². The van der Waals surface area contributed by atoms with Gasteiger partial charge in [-0.15, -0.1) is 0 Å². The van der Waals surface area contributed by atoms with Crippen molar-refractivity contribution in [2.24, 2.45) is 0 Å². The Balaban J connectivity index is 3.06. The molecule has 0 aliphatic heterocycles. The molecule has 0 heterocycles. The third kappa shape index (κ3) is 3.39. The maximum Gasteiger partial charge on any atom is 0.322 e. The Hall–Kier alpha value is -0.680. The van der Waals surface area contributed by atoms with Crippen LogP contribution in [0, 0.1) is 0 Å². The van der Waals surface area contributed by atoms with Crippen molar-refractivity contribution in [1.29, 1.82) is 0 Å². The quantitative estimate of drug-likeness (QED) is 0.665. The molecular weight excluding hydrogens is 312 g/mol. The zero-order chi connectivity index (χ0) is 13.2. The SMILES string of the molecule is O=C(O)CNC(=O)c1cc(Cl)c(Cl)c(Cl)c1Cl. The van der Waals surface area contributed by atoms with Gasteiger partial charge >= 0.3 is 5.97 Å². The summed E-state index contributed by atoms with van der Waals surface area (Å²) in [5.74, 6) is -1.88. The van der Waals surface area contributed by atoms with Crippen LogP contribution in [0.4, 0.5) is 0 Å². The normalized spacial score (nSPS) is 10.1. The van der Waals surface area contributed by atoms with Crippen LogP contribution in [0.5, 0.6) is 0 Å². The lowest BCUT2D eigenvalue weighted by atomic mass is 10.2. The number of amides is 1. The highest BCUT2D eigenvalue weighted by molar-refractivity contribution is 6.52. The minimum Gasteiger partial charge on any atom is -0.480 e. The highest BCUT2D eigenvalue weighted by atomic mass is 35.5. The van der Waals surface area contributed by atoms with Gasteiger partial charge in [-0.1, -0.05) is 46.4 Å². The molecule has 17 heavy (non-hydrogen) atoms. The molecule has 0 spiro atoms. The molecule has 1 rings (SSSR count). The number of carboxylic acid groups (broad SMARTS) is 1. The second-order valence-electron chi connectivity index (χ2n) is 2.92. The van der Waals surface area contributed by atoms with Crippen LogP contribution in [-0.4, -0.2) is 23.5 Å². The van der Waals surface area contributed by atoms with Crippen molar-refractivity contribution in [1.82, 2.24) is 5.32 Å². The first-order valence-electron chi connectivity index (χ1n) is 4.17. The maximum atomic E-state index is 11.6. The Kier molecular flexibility index (Phi) is 4.89. The predicted molar refractivity (Wildman–Crippen MR) is 66.5 cm³/mol. The first-order valence-corrected chi connectivity index (χ1v) is 5.68. The molecule has 0 bridgehead atoms. The topological polar surface area (TPSA) is 66.4 Å². The largest absolute Gasteiger partial charge is 0.480 e. The van der Waals surface area contributed by atoms with Gasteiger partial charge in [0.1, 0.15) is 6.54 Å². The molecule has 1 amide bonds. The molecular formula is C9H5Cl4NO3. The van der Waals surface area contributed by atoms with Crippen molar-refractivity contribution in [2.45, 2.75) is 0 Å². The molecule has 2 N–H and O–H groups in total. The fourth-order valence-electron chi connectivity index (χ4n) is 0.989. The molecule has 0 fully saturated rings. The van der Waals surface area contributed by atoms with Crippen LogP contribution in [-0.2, 0) is 4.79 Å². The minimum absolute atomic E-state index is 0.0349. The van der Waals surface area contributed by atoms with Crippen molar-refractivity contribution in [3.05, 3.63) is 31.7 Å². The van der Waals surface area contributed by atoms with Gasteiger partial charge in [0.2, 0.25) is 0 Å². The van der Waals surface area contributed by atoms with E-state index in [1.165, 1.54) is 6.07 Å². The zero-order valence-corrected chi connectivity index (χ0v) is 11.1. The van der Waals surface area contributed by atoms with E-state index in [9.17, 15) is 9.59 Å². The maximum absolute atomic E-state index is 11.6. The molecule has 0 radical (unpaired) electrons. The Bertz CT molecular complexity index is 490. The van der Waals surface area contributed by atoms with Crippen LogP contribution in [0.25, 0.3) is 0 Å². The second kappa shape index (κ2) is 5.78. The number of carbonyl (C=O) groups is 2. The molecule has 0 atom stereocenters. The number of benzene rings is 1. The lowest BCUT2D eigenvalue weighted by Crippen LogP contribution is -2.29. The standard InChI is InChI=1S/C9H5Cl4NO3/c10-4-1-3(6(11)8(13)7(4)12)9(17)14-2-5(15)16/h1H,2H2,(H,14,17)(H,15,16). The van der Waals surface area contributed by atoms with Crippen LogP contribution in [0.3, 0.4) is 0 Å². The van der Waals surface area contributed by atoms with Gasteiger partial charge in [0.05, 0.1) is 25.7 Å². The Morgan fingerprint density at radius 2 is 1.71 bits per heavy atom. The molecule has 0 aromatic heterocycles. The van der Waals surface area contributed by atoms with Gasteiger partial charge in [-0.05, 0) is 6.07 Å². The van der Waals surface area contributed by atoms with Gasteiger partial charge in [-0.3, -0.25) is 9.59 Å². The van der Waals surface area contributed by atoms with E-state index >= 15 is 0 Å². The van der Waals surface area contributed by atoms with E-state index < -0.39 is 18.4 Å². The summed E-state index contributed by atoms with van der Waals surface area (Å²) >= 11 is 23.0. The molecule has 1 aromatic carbocycles. The van der Waals surface area contributed by atoms with Crippen molar-refractivity contribution in [3.8, 4) is 0 Å². The first-order chi connectivity index (χ1) is 7.84. The number of aliphatic carboxylic acids is 1. The summed E-state index contributed by atoms with van der Waals surface area (Å²) in [6.07, 6.45) is 0. The fourth-order valence-corrected chi connectivity index (χ4v) is 1.88. The Morgan fingerprint density at radius 1 is 1.12 bits per heavy atom. The van der Waals surface area contributed by atoms with Gasteiger partial charge in [0.15, 0.2) is 0 Å². The minimum atomic E-state index is -1.18. The summed E-state index contributed by atoms with van der Waals surface area (Å²) in [5.41, 5.74) is -0.0349. The summed E-state index contributed by atoms with van der Waals surface area (Å²) < 4.78 is 0. The highest BCUT2D eigenvalue weighted by Crippen LogP contribution is 2.38. The van der Waals surface area contributed by atoms with Gasteiger partial charge in [0.25, 0.3) is 5.91 Å². The van der Waals surface area contributed by atoms with Gasteiger partial charge in [-0.25, -0.2) is 0 Å². The lowest BCUT2D eigenvalue weighted by molar-refractivity contribution is -0.135. The number of carboxylic acids is 1. The number of rotatable bonds is 3. The lowest BCUT2D eigenvalue weighted by Gasteiger charge is -2.08. The highest BCUT2D eigenvalue weighted by Gasteiger charge is 2.18. The average molecular weight is 317 g/mol. The zero-order valence-electron chi connectivity index (χ0n) is 8.06. The molecule has 1 aromatic rings. The smallest absolute Gasteiger partial charge is 0.322 e. The number of hydrogen-bond acceptors (Lipinski definition) is 2. The van der Waals surface area contributed by atoms with Crippen LogP contribution in [0.15, 0.2) is 6.07 Å². The molecule has 92 valence electrons. The summed E-state index contributed by atoms with van der Waals surface area (Å²) in [6, 6.07) is 1.22. The Labute approximate surface area is 116 Å². The first kappa shape index (κ1) is 14.4. The fraction of sp³-hybridized carbons (Fsp3) is 0.111. The van der Waals surface area contributed by atoms with E-state index in [4.69, 9.17) is 51.5 Å². The van der Waals surface area contributed by atoms with E-state index in [-0.39, 0.29) is 25.7 Å². The summed E-state index contributed by atoms with van der Waals surface area (Å²) in [4.78, 5) is 21.9. The summed E-state index contributed by atoms with van der Waals surface area (Å²) in [7, 11) is 0. The number of hydrogen-bond donors (Lipinski definition) is 2. The second-order valence-corrected chi connectivity index (χ2v) is 4.47. The molecule has 0 saturated heterocycles. The van der Waals surface area contributed by atoms with Crippen molar-refractivity contribution in [3.63, 3.8) is 0 Å². The summed E-state index contributed by atoms with van der Waals surface area (Å²) in [5, 5.41) is 10.5. The molecule has 0 saturated carbocycles. The third-order valence-corrected chi connectivity index (χ3v) is 3.50. The van der Waals surface area contributed by atoms with Crippen molar-refractivity contribution < 1.29 is 14.7 Å². The number of carbonyl (C=O) groups excluding carboxylic acids is 1. The van der Waals surface area contributed by atoms with Gasteiger partial charge < -0.3 is 10.4 Å². The van der Waals surface area contributed by atoms with Gasteiger partial charge in [-0.2, -0.15) is 0 Å². The van der Waals surface area contributed by atoms with E-state index in [0.29, 0.717) is 0 Å². The molecule has 0 aliphatic rings. The van der Waals surface area contributed by atoms with Crippen LogP contribution < -0.4 is 5.32 Å². The van der Waals surface area contributed by atoms with Crippen LogP contribution in [0.1, 0.15) is 10.4 Å². The van der Waals surface area contributed by atoms with Crippen LogP contribution in [0.2, 0.25) is 20.1 Å². The average Bonchev–Trinajstić information content (AvgIpc) is 2.28. The van der Waals surface area contributed by atoms with Crippen molar-refractivity contribution >= 4 is 58.3 Å². The molecule has 0 aliphatic carbocycles. The number of nitrogens with one attached hydrogen (secondary N) is 1. The van der Waals surface area contributed by atoms with E-state index in [1.54, 1.807) is 0 Å². The van der Waals surface area contributed by atoms with Crippen molar-refractivity contribution in [2.75, 3.05) is 6.54 Å². The van der Waals surface area contributed by atoms with E-state index in [0.717, 1.165) is 0 Å².